The zero-order chi connectivity index (χ0) is 35.3. The number of benzene rings is 7. The predicted molar refractivity (Wildman–Crippen MR) is 224 cm³/mol. The Hall–Kier alpha value is -7.30. The van der Waals surface area contributed by atoms with E-state index in [0.717, 1.165) is 33.7 Å². The van der Waals surface area contributed by atoms with Gasteiger partial charge in [0.25, 0.3) is 0 Å². The molecule has 0 unspecified atom stereocenters. The normalized spacial score (nSPS) is 12.1. The lowest BCUT2D eigenvalue weighted by molar-refractivity contribution is 1.18. The third kappa shape index (κ3) is 4.13. The van der Waals surface area contributed by atoms with E-state index in [2.05, 4.69) is 190 Å². The summed E-state index contributed by atoms with van der Waals surface area (Å²) in [5.41, 5.74) is 17.1. The van der Waals surface area contributed by atoms with E-state index in [-0.39, 0.29) is 0 Å². The van der Waals surface area contributed by atoms with Gasteiger partial charge in [0.2, 0.25) is 0 Å². The van der Waals surface area contributed by atoms with Crippen molar-refractivity contribution in [3.63, 3.8) is 0 Å². The molecule has 0 radical (unpaired) electrons. The van der Waals surface area contributed by atoms with Crippen LogP contribution >= 0.6 is 0 Å². The lowest BCUT2D eigenvalue weighted by Crippen LogP contribution is -1.93. The maximum atomic E-state index is 5.32. The molecule has 0 spiro atoms. The Morgan fingerprint density at radius 3 is 1.63 bits per heavy atom. The van der Waals surface area contributed by atoms with Crippen LogP contribution in [0, 0.1) is 0 Å². The fourth-order valence-electron chi connectivity index (χ4n) is 8.90. The van der Waals surface area contributed by atoms with Gasteiger partial charge in [-0.3, -0.25) is 4.98 Å². The van der Waals surface area contributed by atoms with Crippen molar-refractivity contribution in [2.24, 2.45) is 0 Å². The molecule has 0 amide bonds. The molecule has 250 valence electrons. The highest BCUT2D eigenvalue weighted by Crippen LogP contribution is 2.46. The smallest absolute Gasteiger partial charge is 0.0795 e. The molecule has 0 atom stereocenters. The van der Waals surface area contributed by atoms with Crippen LogP contribution in [0.4, 0.5) is 0 Å². The van der Waals surface area contributed by atoms with Crippen molar-refractivity contribution in [1.82, 2.24) is 19.1 Å². The van der Waals surface area contributed by atoms with E-state index in [1.54, 1.807) is 0 Å². The van der Waals surface area contributed by atoms with Gasteiger partial charge in [0.15, 0.2) is 0 Å². The lowest BCUT2D eigenvalue weighted by atomic mass is 9.99. The van der Waals surface area contributed by atoms with E-state index < -0.39 is 0 Å². The number of hydrogen-bond donors (Lipinski definition) is 0. The third-order valence-electron chi connectivity index (χ3n) is 11.3. The number of nitrogens with zero attached hydrogens (tertiary/aromatic N) is 4. The van der Waals surface area contributed by atoms with Crippen LogP contribution in [0.3, 0.4) is 0 Å². The molecule has 0 fully saturated rings. The number of aromatic nitrogens is 4. The van der Waals surface area contributed by atoms with Crippen LogP contribution in [0.15, 0.2) is 182 Å². The van der Waals surface area contributed by atoms with Gasteiger partial charge in [0.05, 0.1) is 39.0 Å². The first-order chi connectivity index (χ1) is 26.8. The summed E-state index contributed by atoms with van der Waals surface area (Å²) in [5, 5.41) is 6.10. The van der Waals surface area contributed by atoms with Gasteiger partial charge in [0.1, 0.15) is 0 Å². The van der Waals surface area contributed by atoms with Gasteiger partial charge < -0.3 is 9.13 Å². The second kappa shape index (κ2) is 11.1. The van der Waals surface area contributed by atoms with Crippen LogP contribution in [0.25, 0.3) is 111 Å². The predicted octanol–water partition coefficient (Wildman–Crippen LogP) is 12.8. The summed E-state index contributed by atoms with van der Waals surface area (Å²) in [6.45, 7) is 0. The fraction of sp³-hybridized carbons (Fsp3) is 0. The summed E-state index contributed by atoms with van der Waals surface area (Å²) in [6.07, 6.45) is 1.90. The summed E-state index contributed by atoms with van der Waals surface area (Å²) in [5.74, 6) is 0. The molecular formula is C50H30N4. The summed E-state index contributed by atoms with van der Waals surface area (Å²) in [4.78, 5) is 9.96. The lowest BCUT2D eigenvalue weighted by Gasteiger charge is -2.09. The molecule has 4 aromatic heterocycles. The van der Waals surface area contributed by atoms with Gasteiger partial charge in [-0.1, -0.05) is 84.9 Å². The van der Waals surface area contributed by atoms with E-state index in [4.69, 9.17) is 4.98 Å². The molecule has 12 rings (SSSR count). The van der Waals surface area contributed by atoms with Crippen LogP contribution < -0.4 is 0 Å². The molecular weight excluding hydrogens is 657 g/mol. The van der Waals surface area contributed by atoms with Crippen LogP contribution in [-0.4, -0.2) is 19.1 Å². The van der Waals surface area contributed by atoms with Crippen LogP contribution in [0.5, 0.6) is 0 Å². The van der Waals surface area contributed by atoms with Gasteiger partial charge >= 0.3 is 0 Å². The Morgan fingerprint density at radius 1 is 0.370 bits per heavy atom. The van der Waals surface area contributed by atoms with E-state index in [9.17, 15) is 0 Å². The minimum Gasteiger partial charge on any atom is -0.309 e. The molecule has 7 aromatic carbocycles. The van der Waals surface area contributed by atoms with Crippen molar-refractivity contribution in [1.29, 1.82) is 0 Å². The van der Waals surface area contributed by atoms with Gasteiger partial charge in [-0.15, -0.1) is 0 Å². The highest BCUT2D eigenvalue weighted by Gasteiger charge is 2.24. The standard InChI is InChI=1S/C50H30N4/c1-3-10-34(11-4-1)53-45-17-8-7-14-36(45)40-28-31(18-23-46(40)53)32-19-24-47-41(29-32)42-30-33(20-25-48(42)54(47)35-12-5-2-6-13-35)43-22-21-38-37-26-27-51-44-16-9-15-39(49(37)44)50(38)52-43/h1-30H. The minimum atomic E-state index is 0.963. The molecule has 1 aliphatic rings. The summed E-state index contributed by atoms with van der Waals surface area (Å²) in [6, 6.07) is 63.5. The number of para-hydroxylation sites is 3. The Bertz CT molecular complexity index is 3310. The van der Waals surface area contributed by atoms with Crippen molar-refractivity contribution >= 4 is 54.5 Å². The number of hydrogen-bond acceptors (Lipinski definition) is 2. The number of pyridine rings is 2. The molecule has 54 heavy (non-hydrogen) atoms. The van der Waals surface area contributed by atoms with Gasteiger partial charge in [0, 0.05) is 61.2 Å². The quantitative estimate of drug-likeness (QED) is 0.185. The van der Waals surface area contributed by atoms with Crippen LogP contribution in [0.2, 0.25) is 0 Å². The second-order valence-electron chi connectivity index (χ2n) is 14.2. The van der Waals surface area contributed by atoms with Gasteiger partial charge in [-0.2, -0.15) is 0 Å². The highest BCUT2D eigenvalue weighted by atomic mass is 15.0. The average molecular weight is 687 g/mol. The largest absolute Gasteiger partial charge is 0.309 e. The number of fused-ring (bicyclic) bond motifs is 9. The molecule has 0 aliphatic heterocycles. The van der Waals surface area contributed by atoms with Crippen molar-refractivity contribution in [3.05, 3.63) is 182 Å². The molecule has 1 aliphatic carbocycles. The van der Waals surface area contributed by atoms with Crippen molar-refractivity contribution in [2.75, 3.05) is 0 Å². The zero-order valence-electron chi connectivity index (χ0n) is 29.1. The highest BCUT2D eigenvalue weighted by molar-refractivity contribution is 6.15. The maximum Gasteiger partial charge on any atom is 0.0795 e. The van der Waals surface area contributed by atoms with E-state index in [0.29, 0.717) is 0 Å². The fourth-order valence-corrected chi connectivity index (χ4v) is 8.90. The summed E-state index contributed by atoms with van der Waals surface area (Å²) in [7, 11) is 0. The van der Waals surface area contributed by atoms with Gasteiger partial charge in [-0.25, -0.2) is 4.98 Å². The van der Waals surface area contributed by atoms with E-state index >= 15 is 0 Å². The van der Waals surface area contributed by atoms with Crippen LogP contribution in [0.1, 0.15) is 0 Å². The van der Waals surface area contributed by atoms with Crippen molar-refractivity contribution in [3.8, 4) is 56.1 Å². The Balaban J connectivity index is 1.05. The molecule has 0 saturated carbocycles. The molecule has 4 heterocycles. The molecule has 4 nitrogen and oxygen atoms in total. The topological polar surface area (TPSA) is 35.6 Å². The first kappa shape index (κ1) is 29.3. The molecule has 0 N–H and O–H groups in total. The van der Waals surface area contributed by atoms with E-state index in [1.165, 1.54) is 76.9 Å². The maximum absolute atomic E-state index is 5.32. The molecule has 0 saturated heterocycles. The number of rotatable bonds is 4. The molecule has 11 aromatic rings. The monoisotopic (exact) mass is 686 g/mol. The van der Waals surface area contributed by atoms with E-state index in [1.807, 2.05) is 6.20 Å². The SMILES string of the molecule is c1ccc(-n2c3ccccc3c3cc(-c4ccc5c(c4)c4cc(-c6ccc7c(n6)-c6cccc8nccc-7c68)ccc4n5-c4ccccc4)ccc32)cc1. The van der Waals surface area contributed by atoms with Crippen molar-refractivity contribution < 1.29 is 0 Å². The van der Waals surface area contributed by atoms with Crippen molar-refractivity contribution in [2.45, 2.75) is 0 Å². The average Bonchev–Trinajstić information content (AvgIpc) is 3.87. The Labute approximate surface area is 310 Å². The summed E-state index contributed by atoms with van der Waals surface area (Å²) < 4.78 is 4.75. The summed E-state index contributed by atoms with van der Waals surface area (Å²) >= 11 is 0. The van der Waals surface area contributed by atoms with Crippen LogP contribution in [-0.2, 0) is 0 Å². The zero-order valence-corrected chi connectivity index (χ0v) is 29.1. The first-order valence-electron chi connectivity index (χ1n) is 18.4. The Morgan fingerprint density at radius 2 is 0.944 bits per heavy atom. The molecule has 4 heteroatoms. The minimum absolute atomic E-state index is 0.963. The van der Waals surface area contributed by atoms with Gasteiger partial charge in [-0.05, 0) is 108 Å². The second-order valence-corrected chi connectivity index (χ2v) is 14.2. The Kier molecular flexibility index (Phi) is 6.02. The molecule has 0 bridgehead atoms. The third-order valence-corrected chi connectivity index (χ3v) is 11.3. The first-order valence-corrected chi connectivity index (χ1v) is 18.4.